The molecule has 65 heavy (non-hydrogen) atoms. The van der Waals surface area contributed by atoms with Crippen molar-refractivity contribution >= 4 is 23.9 Å². The Balaban J connectivity index is 2.56. The summed E-state index contributed by atoms with van der Waals surface area (Å²) in [5.41, 5.74) is 6.93. The van der Waals surface area contributed by atoms with E-state index >= 15 is 0 Å². The fourth-order valence-electron chi connectivity index (χ4n) is 7.86. The van der Waals surface area contributed by atoms with Crippen molar-refractivity contribution < 1.29 is 19.1 Å². The van der Waals surface area contributed by atoms with E-state index in [1.807, 2.05) is 37.3 Å². The molecule has 1 aromatic carbocycles. The molecule has 0 fully saturated rings. The Labute approximate surface area is 397 Å². The average molecular weight is 906 g/mol. The Kier molecular flexibility index (Phi) is 40.4. The molecule has 3 amide bonds. The highest BCUT2D eigenvalue weighted by atomic mass is 16.3. The summed E-state index contributed by atoms with van der Waals surface area (Å²) in [6.45, 7) is 7.17. The van der Waals surface area contributed by atoms with Gasteiger partial charge in [0.15, 0.2) is 12.6 Å². The number of rotatable bonds is 45. The van der Waals surface area contributed by atoms with Gasteiger partial charge in [-0.15, -0.1) is 0 Å². The van der Waals surface area contributed by atoms with E-state index < -0.39 is 6.04 Å². The third-order valence-corrected chi connectivity index (χ3v) is 11.9. The minimum Gasteiger partial charge on any atom is -0.352 e. The Hall–Kier alpha value is -3.66. The van der Waals surface area contributed by atoms with E-state index in [9.17, 15) is 19.3 Å². The third-order valence-electron chi connectivity index (χ3n) is 11.9. The monoisotopic (exact) mass is 906 g/mol. The van der Waals surface area contributed by atoms with Crippen LogP contribution in [0.4, 0.5) is 0 Å². The number of allylic oxidation sites excluding steroid dienone is 4. The summed E-state index contributed by atoms with van der Waals surface area (Å²) < 4.78 is 0.932. The van der Waals surface area contributed by atoms with Gasteiger partial charge in [0.1, 0.15) is 0 Å². The van der Waals surface area contributed by atoms with Crippen molar-refractivity contribution in [2.75, 3.05) is 26.2 Å². The van der Waals surface area contributed by atoms with E-state index in [0.717, 1.165) is 81.0 Å². The molecule has 0 bridgehead atoms. The maximum absolute atomic E-state index is 13.4. The first-order chi connectivity index (χ1) is 31.7. The number of benzene rings is 1. The van der Waals surface area contributed by atoms with E-state index in [1.165, 1.54) is 103 Å². The molecule has 0 aliphatic rings. The minimum absolute atomic E-state index is 0.0585. The number of nitrogens with two attached hydrogens (primary N) is 1. The molecular formula is C55H97N6O4+. The smallest absolute Gasteiger partial charge is 0.249 e. The second-order valence-electron chi connectivity index (χ2n) is 18.5. The fourth-order valence-corrected chi connectivity index (χ4v) is 7.86. The van der Waals surface area contributed by atoms with Crippen LogP contribution >= 0.6 is 0 Å². The number of carbonyl (C=O) groups excluding carboxylic acids is 3. The molecule has 3 unspecified atom stereocenters. The molecule has 370 valence electrons. The van der Waals surface area contributed by atoms with Crippen LogP contribution in [0.15, 0.2) is 59.6 Å². The zero-order valence-corrected chi connectivity index (χ0v) is 41.9. The lowest BCUT2D eigenvalue weighted by Gasteiger charge is -2.16. The van der Waals surface area contributed by atoms with Crippen molar-refractivity contribution in [2.24, 2.45) is 10.7 Å². The zero-order valence-electron chi connectivity index (χ0n) is 41.9. The number of unbranched alkanes of at least 4 members (excludes halogenated alkanes) is 23. The first-order valence-corrected chi connectivity index (χ1v) is 26.6. The summed E-state index contributed by atoms with van der Waals surface area (Å²) in [6.07, 6.45) is 45.1. The van der Waals surface area contributed by atoms with Gasteiger partial charge in [-0.05, 0) is 89.5 Å². The van der Waals surface area contributed by atoms with Gasteiger partial charge in [0, 0.05) is 47.7 Å². The van der Waals surface area contributed by atoms with Crippen LogP contribution < -0.4 is 21.7 Å². The Morgan fingerprint density at radius 2 is 1.11 bits per heavy atom. The lowest BCUT2D eigenvalue weighted by molar-refractivity contribution is -0.550. The lowest BCUT2D eigenvalue weighted by atomic mass is 10.1. The predicted molar refractivity (Wildman–Crippen MR) is 276 cm³/mol. The molecule has 0 saturated carbocycles. The van der Waals surface area contributed by atoms with Gasteiger partial charge < -0.3 is 21.7 Å². The van der Waals surface area contributed by atoms with Gasteiger partial charge in [0.25, 0.3) is 0 Å². The molecule has 0 saturated heterocycles. The second kappa shape index (κ2) is 44.2. The number of hydrogen-bond acceptors (Lipinski definition) is 6. The van der Waals surface area contributed by atoms with Crippen molar-refractivity contribution in [3.05, 3.63) is 65.1 Å². The van der Waals surface area contributed by atoms with E-state index in [0.29, 0.717) is 38.8 Å². The van der Waals surface area contributed by atoms with Gasteiger partial charge in [-0.1, -0.05) is 171 Å². The van der Waals surface area contributed by atoms with E-state index in [4.69, 9.17) is 5.73 Å². The molecule has 0 aliphatic carbocycles. The van der Waals surface area contributed by atoms with E-state index in [-0.39, 0.29) is 42.9 Å². The summed E-state index contributed by atoms with van der Waals surface area (Å²) in [6, 6.07) is 8.59. The Morgan fingerprint density at radius 3 is 1.63 bits per heavy atom. The standard InChI is InChI=1S/C55H96N6O4/c1-4-6-8-10-12-14-16-18-20-22-24-26-28-30-32-37-45-61(65)48-52(60-53(62)40-36-31-29-27-25-23-21-19-17-15-13-11-9-7-5-2)55(64)58-44-43-57-47-51(46-50-38-34-33-35-39-50)59-54(63)42-41-49(3)56/h18-21,33-35,38-39,47,49,51-52H,4-17,22-32,36-37,40-46,48,56H2,1-3H3,(H2-,58,59,60,62,63,64)/p+1. The van der Waals surface area contributed by atoms with Crippen molar-refractivity contribution in [1.29, 1.82) is 0 Å². The highest BCUT2D eigenvalue weighted by Crippen LogP contribution is 2.12. The van der Waals surface area contributed by atoms with Crippen LogP contribution in [0.1, 0.15) is 219 Å². The topological polar surface area (TPSA) is 146 Å². The van der Waals surface area contributed by atoms with Gasteiger partial charge >= 0.3 is 0 Å². The zero-order chi connectivity index (χ0) is 47.3. The van der Waals surface area contributed by atoms with Crippen molar-refractivity contribution in [1.82, 2.24) is 16.0 Å². The average Bonchev–Trinajstić information content (AvgIpc) is 3.29. The highest BCUT2D eigenvalue weighted by Gasteiger charge is 2.27. The largest absolute Gasteiger partial charge is 0.352 e. The Bertz CT molecular complexity index is 1400. The quantitative estimate of drug-likeness (QED) is 0.0223. The number of nitroso groups, excluding NO2 is 1. The molecule has 10 heteroatoms. The molecule has 0 aliphatic heterocycles. The fraction of sp³-hybridized carbons (Fsp3) is 0.745. The lowest BCUT2D eigenvalue weighted by Crippen LogP contribution is -2.51. The summed E-state index contributed by atoms with van der Waals surface area (Å²) >= 11 is 0. The van der Waals surface area contributed by atoms with Crippen LogP contribution in [0.5, 0.6) is 0 Å². The van der Waals surface area contributed by atoms with Gasteiger partial charge in [0.2, 0.25) is 24.3 Å². The highest BCUT2D eigenvalue weighted by molar-refractivity contribution is 5.87. The van der Waals surface area contributed by atoms with Crippen LogP contribution in [0, 0.1) is 4.91 Å². The summed E-state index contributed by atoms with van der Waals surface area (Å²) in [4.78, 5) is 56.8. The number of aliphatic imine (C=N–C) groups is 1. The van der Waals surface area contributed by atoms with Crippen LogP contribution in [-0.4, -0.2) is 73.0 Å². The van der Waals surface area contributed by atoms with Crippen LogP contribution in [0.3, 0.4) is 0 Å². The summed E-state index contributed by atoms with van der Waals surface area (Å²) in [7, 11) is 0. The maximum atomic E-state index is 13.4. The number of hydrogen-bond donors (Lipinski definition) is 4. The molecule has 0 spiro atoms. The molecule has 1 rings (SSSR count). The molecule has 1 aromatic rings. The van der Waals surface area contributed by atoms with Crippen LogP contribution in [0.2, 0.25) is 0 Å². The van der Waals surface area contributed by atoms with E-state index in [1.54, 1.807) is 6.21 Å². The van der Waals surface area contributed by atoms with Gasteiger partial charge in [0.05, 0.1) is 12.6 Å². The van der Waals surface area contributed by atoms with Crippen molar-refractivity contribution in [3.63, 3.8) is 0 Å². The normalized spacial score (nSPS) is 13.1. The van der Waals surface area contributed by atoms with Gasteiger partial charge in [-0.3, -0.25) is 19.4 Å². The van der Waals surface area contributed by atoms with Crippen LogP contribution in [0.25, 0.3) is 0 Å². The number of nitrogens with zero attached hydrogens (tertiary/aromatic N) is 2. The van der Waals surface area contributed by atoms with Crippen molar-refractivity contribution in [3.8, 4) is 0 Å². The SMILES string of the molecule is CCCCCCCCC=CCCCCCCCC[N+](=O)CC(NC(=O)CCCCCCCC=CCCCCCCCC)C(=O)NCCN=CC(Cc1ccccc1)NC(=O)CCC(C)N. The van der Waals surface area contributed by atoms with Gasteiger partial charge in [-0.25, -0.2) is 0 Å². The molecule has 0 aromatic heterocycles. The van der Waals surface area contributed by atoms with Crippen molar-refractivity contribution in [2.45, 2.75) is 238 Å². The number of amides is 3. The third kappa shape index (κ3) is 39.2. The molecule has 0 radical (unpaired) electrons. The first-order valence-electron chi connectivity index (χ1n) is 26.6. The second-order valence-corrected chi connectivity index (χ2v) is 18.5. The molecular weight excluding hydrogens is 809 g/mol. The van der Waals surface area contributed by atoms with Crippen LogP contribution in [-0.2, 0) is 20.8 Å². The number of carbonyl (C=O) groups is 3. The molecule has 5 N–H and O–H groups in total. The maximum Gasteiger partial charge on any atom is 0.249 e. The molecule has 10 nitrogen and oxygen atoms in total. The van der Waals surface area contributed by atoms with Gasteiger partial charge in [-0.2, -0.15) is 0 Å². The molecule has 3 atom stereocenters. The number of nitrogens with one attached hydrogen (secondary N) is 3. The van der Waals surface area contributed by atoms with E-state index in [2.05, 4.69) is 59.1 Å². The predicted octanol–water partition coefficient (Wildman–Crippen LogP) is 12.4. The Morgan fingerprint density at radius 1 is 0.631 bits per heavy atom. The molecule has 0 heterocycles. The first kappa shape index (κ1) is 59.4. The summed E-state index contributed by atoms with van der Waals surface area (Å²) in [5.74, 6) is -0.664. The summed E-state index contributed by atoms with van der Waals surface area (Å²) in [5, 5.41) is 8.83. The minimum atomic E-state index is -0.948.